The van der Waals surface area contributed by atoms with Gasteiger partial charge in [-0.1, -0.05) is 23.2 Å². The molecule has 0 radical (unpaired) electrons. The van der Waals surface area contributed by atoms with Crippen LogP contribution in [-0.2, 0) is 4.79 Å². The molecule has 98 valence electrons. The van der Waals surface area contributed by atoms with Crippen LogP contribution in [0.4, 0.5) is 18.9 Å². The minimum Gasteiger partial charge on any atom is -0.273 e. The molecule has 18 heavy (non-hydrogen) atoms. The molecule has 1 aromatic rings. The quantitative estimate of drug-likeness (QED) is 0.864. The van der Waals surface area contributed by atoms with Crippen molar-refractivity contribution >= 4 is 34.8 Å². The van der Waals surface area contributed by atoms with Gasteiger partial charge in [0.25, 0.3) is 0 Å². The van der Waals surface area contributed by atoms with Crippen LogP contribution in [0.3, 0.4) is 0 Å². The highest BCUT2D eigenvalue weighted by Crippen LogP contribution is 2.32. The fraction of sp³-hybridized carbons (Fsp3) is 0.300. The molecule has 0 aromatic heterocycles. The molecule has 8 heteroatoms. The number of carbonyl (C=O) groups excluding carboxylic acids is 1. The van der Waals surface area contributed by atoms with Crippen LogP contribution in [0.5, 0.6) is 0 Å². The van der Waals surface area contributed by atoms with Crippen molar-refractivity contribution in [2.75, 3.05) is 5.01 Å². The Kier molecular flexibility index (Phi) is 3.44. The second kappa shape index (κ2) is 4.60. The zero-order valence-corrected chi connectivity index (χ0v) is 10.3. The van der Waals surface area contributed by atoms with Crippen molar-refractivity contribution in [2.45, 2.75) is 18.6 Å². The molecule has 1 aliphatic heterocycles. The van der Waals surface area contributed by atoms with Crippen LogP contribution in [0.1, 0.15) is 6.42 Å². The average Bonchev–Trinajstić information content (AvgIpc) is 2.64. The molecule has 1 N–H and O–H groups in total. The largest absolute Gasteiger partial charge is 0.406 e. The van der Waals surface area contributed by atoms with Gasteiger partial charge in [0, 0.05) is 0 Å². The minimum absolute atomic E-state index is 0.166. The monoisotopic (exact) mass is 298 g/mol. The summed E-state index contributed by atoms with van der Waals surface area (Å²) in [5.74, 6) is -0.671. The van der Waals surface area contributed by atoms with Gasteiger partial charge >= 0.3 is 6.18 Å². The van der Waals surface area contributed by atoms with Crippen LogP contribution in [0.25, 0.3) is 0 Å². The average molecular weight is 299 g/mol. The third-order valence-corrected chi connectivity index (χ3v) is 3.21. The van der Waals surface area contributed by atoms with E-state index in [2.05, 4.69) is 5.43 Å². The predicted molar refractivity (Wildman–Crippen MR) is 61.5 cm³/mol. The maximum absolute atomic E-state index is 12.5. The number of anilines is 1. The van der Waals surface area contributed by atoms with Crippen LogP contribution in [0, 0.1) is 0 Å². The number of hydrazine groups is 1. The van der Waals surface area contributed by atoms with Crippen LogP contribution >= 0.6 is 23.2 Å². The fourth-order valence-corrected chi connectivity index (χ4v) is 1.86. The fourth-order valence-electron chi connectivity index (χ4n) is 1.57. The second-order valence-electron chi connectivity index (χ2n) is 3.75. The Bertz CT molecular complexity index is 493. The third kappa shape index (κ3) is 2.55. The molecule has 0 spiro atoms. The molecular formula is C10H7Cl2F3N2O. The van der Waals surface area contributed by atoms with Gasteiger partial charge in [-0.2, -0.15) is 13.2 Å². The van der Waals surface area contributed by atoms with Crippen molar-refractivity contribution in [3.8, 4) is 0 Å². The lowest BCUT2D eigenvalue weighted by atomic mass is 10.2. The number of benzene rings is 1. The summed E-state index contributed by atoms with van der Waals surface area (Å²) in [6.07, 6.45) is -5.11. The number of amides is 1. The van der Waals surface area contributed by atoms with Gasteiger partial charge in [0.2, 0.25) is 5.91 Å². The standard InChI is InChI=1S/C10H7Cl2F3N2O/c11-6-2-1-5(3-7(6)12)17-9(18)4-8(16-17)10(13,14)15/h1-3,8,16H,4H2/t8-/m0/s1. The van der Waals surface area contributed by atoms with Gasteiger partial charge in [0.05, 0.1) is 22.2 Å². The summed E-state index contributed by atoms with van der Waals surface area (Å²) in [4.78, 5) is 11.5. The van der Waals surface area contributed by atoms with Crippen LogP contribution < -0.4 is 10.4 Å². The molecule has 1 amide bonds. The number of nitrogens with one attached hydrogen (secondary N) is 1. The molecule has 1 aromatic carbocycles. The SMILES string of the molecule is O=C1C[C@@H](C(F)(F)F)NN1c1ccc(Cl)c(Cl)c1. The third-order valence-electron chi connectivity index (χ3n) is 2.47. The van der Waals surface area contributed by atoms with E-state index in [1.807, 2.05) is 0 Å². The Morgan fingerprint density at radius 1 is 1.28 bits per heavy atom. The summed E-state index contributed by atoms with van der Waals surface area (Å²) in [6, 6.07) is 2.28. The van der Waals surface area contributed by atoms with Crippen LogP contribution in [-0.4, -0.2) is 18.1 Å². The Morgan fingerprint density at radius 3 is 2.44 bits per heavy atom. The van der Waals surface area contributed by atoms with E-state index in [-0.39, 0.29) is 15.7 Å². The van der Waals surface area contributed by atoms with E-state index in [1.165, 1.54) is 18.2 Å². The maximum atomic E-state index is 12.5. The van der Waals surface area contributed by atoms with Crippen molar-refractivity contribution in [3.05, 3.63) is 28.2 Å². The zero-order valence-electron chi connectivity index (χ0n) is 8.76. The molecule has 2 rings (SSSR count). The lowest BCUT2D eigenvalue weighted by molar-refractivity contribution is -0.153. The van der Waals surface area contributed by atoms with Crippen LogP contribution in [0.2, 0.25) is 10.0 Å². The van der Waals surface area contributed by atoms with Gasteiger partial charge in [0.1, 0.15) is 6.04 Å². The second-order valence-corrected chi connectivity index (χ2v) is 4.57. The summed E-state index contributed by atoms with van der Waals surface area (Å²) >= 11 is 11.4. The van der Waals surface area contributed by atoms with Gasteiger partial charge in [-0.15, -0.1) is 0 Å². The zero-order chi connectivity index (χ0) is 13.5. The summed E-state index contributed by atoms with van der Waals surface area (Å²) in [6.45, 7) is 0. The van der Waals surface area contributed by atoms with Gasteiger partial charge in [0.15, 0.2) is 0 Å². The van der Waals surface area contributed by atoms with E-state index in [0.717, 1.165) is 5.01 Å². The highest BCUT2D eigenvalue weighted by molar-refractivity contribution is 6.42. The summed E-state index contributed by atoms with van der Waals surface area (Å²) in [7, 11) is 0. The molecule has 0 aliphatic carbocycles. The number of alkyl halides is 3. The number of hydrogen-bond donors (Lipinski definition) is 1. The molecule has 1 fully saturated rings. The Labute approximate surface area is 110 Å². The van der Waals surface area contributed by atoms with Crippen molar-refractivity contribution in [3.63, 3.8) is 0 Å². The first-order valence-corrected chi connectivity index (χ1v) is 5.65. The van der Waals surface area contributed by atoms with E-state index in [1.54, 1.807) is 0 Å². The van der Waals surface area contributed by atoms with Crippen molar-refractivity contribution in [1.29, 1.82) is 0 Å². The number of hydrogen-bond acceptors (Lipinski definition) is 2. The maximum Gasteiger partial charge on any atom is 0.406 e. The van der Waals surface area contributed by atoms with Gasteiger partial charge in [-0.3, -0.25) is 4.79 Å². The molecule has 1 atom stereocenters. The lowest BCUT2D eigenvalue weighted by Crippen LogP contribution is -2.44. The Balaban J connectivity index is 2.24. The van der Waals surface area contributed by atoms with E-state index >= 15 is 0 Å². The van der Waals surface area contributed by atoms with E-state index in [4.69, 9.17) is 23.2 Å². The van der Waals surface area contributed by atoms with Crippen LogP contribution in [0.15, 0.2) is 18.2 Å². The highest BCUT2D eigenvalue weighted by atomic mass is 35.5. The summed E-state index contributed by atoms with van der Waals surface area (Å²) < 4.78 is 37.4. The van der Waals surface area contributed by atoms with E-state index in [9.17, 15) is 18.0 Å². The summed E-state index contributed by atoms with van der Waals surface area (Å²) in [5.41, 5.74) is 2.32. The molecule has 3 nitrogen and oxygen atoms in total. The smallest absolute Gasteiger partial charge is 0.273 e. The minimum atomic E-state index is -4.47. The normalized spacial score (nSPS) is 20.6. The molecule has 0 bridgehead atoms. The first-order valence-electron chi connectivity index (χ1n) is 4.90. The molecule has 0 saturated carbocycles. The van der Waals surface area contributed by atoms with Crippen molar-refractivity contribution < 1.29 is 18.0 Å². The molecule has 1 heterocycles. The Hall–Kier alpha value is -0.980. The molecule has 1 aliphatic rings. The molecule has 1 saturated heterocycles. The van der Waals surface area contributed by atoms with Gasteiger partial charge < -0.3 is 0 Å². The summed E-state index contributed by atoms with van der Waals surface area (Å²) in [5, 5.41) is 1.26. The molecule has 0 unspecified atom stereocenters. The lowest BCUT2D eigenvalue weighted by Gasteiger charge is -2.19. The van der Waals surface area contributed by atoms with E-state index < -0.39 is 24.5 Å². The van der Waals surface area contributed by atoms with Crippen molar-refractivity contribution in [1.82, 2.24) is 5.43 Å². The first-order chi connectivity index (χ1) is 8.29. The Morgan fingerprint density at radius 2 is 1.94 bits per heavy atom. The predicted octanol–water partition coefficient (Wildman–Crippen LogP) is 3.17. The topological polar surface area (TPSA) is 32.3 Å². The highest BCUT2D eigenvalue weighted by Gasteiger charge is 2.47. The first kappa shape index (κ1) is 13.5. The molecular weight excluding hydrogens is 292 g/mol. The van der Waals surface area contributed by atoms with E-state index in [0.29, 0.717) is 0 Å². The van der Waals surface area contributed by atoms with Crippen molar-refractivity contribution in [2.24, 2.45) is 0 Å². The van der Waals surface area contributed by atoms with Gasteiger partial charge in [-0.05, 0) is 18.2 Å². The number of rotatable bonds is 1. The number of carbonyl (C=O) groups is 1. The number of halogens is 5. The van der Waals surface area contributed by atoms with Gasteiger partial charge in [-0.25, -0.2) is 10.4 Å². The number of nitrogens with zero attached hydrogens (tertiary/aromatic N) is 1.